The monoisotopic (exact) mass is 340 g/mol. The van der Waals surface area contributed by atoms with Crippen LogP contribution in [0.4, 0.5) is 8.78 Å². The molecular formula is C13H10F2N4O3S. The van der Waals surface area contributed by atoms with Gasteiger partial charge in [-0.15, -0.1) is 0 Å². The Morgan fingerprint density at radius 3 is 2.57 bits per heavy atom. The summed E-state index contributed by atoms with van der Waals surface area (Å²) in [4.78, 5) is 7.58. The summed E-state index contributed by atoms with van der Waals surface area (Å²) in [5.74, 6) is -2.89. The second-order valence-corrected chi connectivity index (χ2v) is 6.50. The SMILES string of the molecule is O=S(=O)(c1ccc(-c2nc(Cn3ccnc3)no2)cc1)C(F)F. The Labute approximate surface area is 129 Å². The molecule has 0 saturated carbocycles. The molecule has 0 aliphatic carbocycles. The molecule has 120 valence electrons. The van der Waals surface area contributed by atoms with Crippen molar-refractivity contribution in [3.05, 3.63) is 48.8 Å². The Kier molecular flexibility index (Phi) is 3.90. The van der Waals surface area contributed by atoms with E-state index in [1.54, 1.807) is 23.3 Å². The van der Waals surface area contributed by atoms with Gasteiger partial charge in [0.05, 0.1) is 17.8 Å². The van der Waals surface area contributed by atoms with Gasteiger partial charge in [-0.3, -0.25) is 0 Å². The van der Waals surface area contributed by atoms with Crippen molar-refractivity contribution in [1.82, 2.24) is 19.7 Å². The van der Waals surface area contributed by atoms with Gasteiger partial charge in [-0.1, -0.05) is 5.16 Å². The van der Waals surface area contributed by atoms with Crippen molar-refractivity contribution in [2.75, 3.05) is 0 Å². The minimum absolute atomic E-state index is 0.168. The van der Waals surface area contributed by atoms with E-state index in [1.807, 2.05) is 0 Å². The van der Waals surface area contributed by atoms with Gasteiger partial charge < -0.3 is 9.09 Å². The summed E-state index contributed by atoms with van der Waals surface area (Å²) in [6.45, 7) is 0.362. The molecule has 0 spiro atoms. The zero-order valence-corrected chi connectivity index (χ0v) is 12.3. The van der Waals surface area contributed by atoms with E-state index < -0.39 is 20.5 Å². The molecule has 0 bridgehead atoms. The van der Waals surface area contributed by atoms with Crippen molar-refractivity contribution in [3.63, 3.8) is 0 Å². The molecule has 3 rings (SSSR count). The molecule has 0 fully saturated rings. The van der Waals surface area contributed by atoms with Gasteiger partial charge in [-0.25, -0.2) is 13.4 Å². The van der Waals surface area contributed by atoms with E-state index in [4.69, 9.17) is 4.52 Å². The van der Waals surface area contributed by atoms with E-state index in [0.717, 1.165) is 12.1 Å². The predicted molar refractivity (Wildman–Crippen MR) is 74.3 cm³/mol. The Hall–Kier alpha value is -2.62. The first-order valence-corrected chi connectivity index (χ1v) is 7.92. The van der Waals surface area contributed by atoms with Gasteiger partial charge in [0.25, 0.3) is 5.89 Å². The van der Waals surface area contributed by atoms with Crippen LogP contribution >= 0.6 is 0 Å². The zero-order valence-electron chi connectivity index (χ0n) is 11.5. The molecule has 0 atom stereocenters. The van der Waals surface area contributed by atoms with Crippen LogP contribution in [-0.2, 0) is 16.4 Å². The van der Waals surface area contributed by atoms with E-state index in [2.05, 4.69) is 15.1 Å². The summed E-state index contributed by atoms with van der Waals surface area (Å²) in [5, 5.41) is 3.79. The highest BCUT2D eigenvalue weighted by atomic mass is 32.2. The molecule has 23 heavy (non-hydrogen) atoms. The third kappa shape index (κ3) is 3.11. The van der Waals surface area contributed by atoms with E-state index in [9.17, 15) is 17.2 Å². The molecular weight excluding hydrogens is 330 g/mol. The standard InChI is InChI=1S/C13H10F2N4O3S/c14-13(15)23(20,21)10-3-1-9(2-4-10)12-17-11(18-22-12)7-19-6-5-16-8-19/h1-6,8,13H,7H2. The average Bonchev–Trinajstić information content (AvgIpc) is 3.19. The maximum atomic E-state index is 12.5. The summed E-state index contributed by atoms with van der Waals surface area (Å²) >= 11 is 0. The van der Waals surface area contributed by atoms with Crippen molar-refractivity contribution in [3.8, 4) is 11.5 Å². The number of hydrogen-bond acceptors (Lipinski definition) is 6. The van der Waals surface area contributed by atoms with Gasteiger partial charge in [0.15, 0.2) is 5.82 Å². The Bertz CT molecular complexity index is 890. The predicted octanol–water partition coefficient (Wildman–Crippen LogP) is 1.98. The number of benzene rings is 1. The van der Waals surface area contributed by atoms with Crippen LogP contribution < -0.4 is 0 Å². The molecule has 0 N–H and O–H groups in total. The first-order chi connectivity index (χ1) is 11.0. The highest BCUT2D eigenvalue weighted by molar-refractivity contribution is 7.91. The van der Waals surface area contributed by atoms with Crippen LogP contribution in [0, 0.1) is 0 Å². The van der Waals surface area contributed by atoms with E-state index >= 15 is 0 Å². The molecule has 1 aromatic carbocycles. The van der Waals surface area contributed by atoms with Crippen LogP contribution in [0.5, 0.6) is 0 Å². The van der Waals surface area contributed by atoms with Gasteiger partial charge >= 0.3 is 5.76 Å². The summed E-state index contributed by atoms with van der Waals surface area (Å²) in [7, 11) is -4.62. The molecule has 0 unspecified atom stereocenters. The fourth-order valence-corrected chi connectivity index (χ4v) is 2.59. The largest absolute Gasteiger partial charge is 0.341 e. The number of nitrogens with zero attached hydrogens (tertiary/aromatic N) is 4. The maximum absolute atomic E-state index is 12.5. The number of rotatable bonds is 5. The van der Waals surface area contributed by atoms with Gasteiger partial charge in [0.2, 0.25) is 9.84 Å². The molecule has 0 radical (unpaired) electrons. The summed E-state index contributed by atoms with van der Waals surface area (Å²) in [6, 6.07) is 4.83. The zero-order chi connectivity index (χ0) is 16.4. The number of halogens is 2. The fourth-order valence-electron chi connectivity index (χ4n) is 1.87. The smallest absolute Gasteiger partial charge is 0.334 e. The third-order valence-electron chi connectivity index (χ3n) is 3.02. The maximum Gasteiger partial charge on any atom is 0.341 e. The van der Waals surface area contributed by atoms with Gasteiger partial charge in [-0.2, -0.15) is 13.8 Å². The van der Waals surface area contributed by atoms with Gasteiger partial charge in [0.1, 0.15) is 0 Å². The van der Waals surface area contributed by atoms with Gasteiger partial charge in [0, 0.05) is 18.0 Å². The van der Waals surface area contributed by atoms with Crippen LogP contribution in [0.1, 0.15) is 5.82 Å². The van der Waals surface area contributed by atoms with Crippen molar-refractivity contribution in [1.29, 1.82) is 0 Å². The third-order valence-corrected chi connectivity index (χ3v) is 4.41. The number of aromatic nitrogens is 4. The van der Waals surface area contributed by atoms with E-state index in [0.29, 0.717) is 17.9 Å². The molecule has 2 heterocycles. The van der Waals surface area contributed by atoms with Crippen LogP contribution in [0.2, 0.25) is 0 Å². The topological polar surface area (TPSA) is 90.9 Å². The number of imidazole rings is 1. The lowest BCUT2D eigenvalue weighted by Gasteiger charge is -2.02. The van der Waals surface area contributed by atoms with E-state index in [-0.39, 0.29) is 5.89 Å². The van der Waals surface area contributed by atoms with Gasteiger partial charge in [-0.05, 0) is 24.3 Å². The lowest BCUT2D eigenvalue weighted by atomic mass is 10.2. The molecule has 0 aliphatic heterocycles. The minimum Gasteiger partial charge on any atom is -0.334 e. The number of hydrogen-bond donors (Lipinski definition) is 0. The Morgan fingerprint density at radius 2 is 1.96 bits per heavy atom. The van der Waals surface area contributed by atoms with Crippen molar-refractivity contribution < 1.29 is 21.7 Å². The molecule has 0 amide bonds. The summed E-state index contributed by atoms with van der Waals surface area (Å²) < 4.78 is 54.5. The summed E-state index contributed by atoms with van der Waals surface area (Å²) in [6.07, 6.45) is 4.95. The lowest BCUT2D eigenvalue weighted by molar-refractivity contribution is 0.234. The molecule has 0 aliphatic rings. The van der Waals surface area contributed by atoms with Crippen molar-refractivity contribution in [2.24, 2.45) is 0 Å². The van der Waals surface area contributed by atoms with Crippen LogP contribution in [-0.4, -0.2) is 33.9 Å². The first kappa shape index (κ1) is 15.3. The van der Waals surface area contributed by atoms with Crippen LogP contribution in [0.25, 0.3) is 11.5 Å². The first-order valence-electron chi connectivity index (χ1n) is 6.37. The van der Waals surface area contributed by atoms with Crippen molar-refractivity contribution in [2.45, 2.75) is 17.2 Å². The second-order valence-electron chi connectivity index (χ2n) is 4.58. The molecule has 10 heteroatoms. The number of sulfone groups is 1. The molecule has 2 aromatic heterocycles. The van der Waals surface area contributed by atoms with Crippen LogP contribution in [0.3, 0.4) is 0 Å². The minimum atomic E-state index is -4.62. The van der Waals surface area contributed by atoms with E-state index in [1.165, 1.54) is 12.1 Å². The van der Waals surface area contributed by atoms with Crippen LogP contribution in [0.15, 0.2) is 52.4 Å². The second kappa shape index (κ2) is 5.88. The Morgan fingerprint density at radius 1 is 1.22 bits per heavy atom. The normalized spacial score (nSPS) is 12.0. The average molecular weight is 340 g/mol. The molecule has 0 saturated heterocycles. The van der Waals surface area contributed by atoms with Crippen molar-refractivity contribution >= 4 is 9.84 Å². The highest BCUT2D eigenvalue weighted by Crippen LogP contribution is 2.23. The fraction of sp³-hybridized carbons (Fsp3) is 0.154. The molecule has 7 nitrogen and oxygen atoms in total. The molecule has 3 aromatic rings. The Balaban J connectivity index is 1.82. The number of alkyl halides is 2. The quantitative estimate of drug-likeness (QED) is 0.705. The lowest BCUT2D eigenvalue weighted by Crippen LogP contribution is -2.11. The highest BCUT2D eigenvalue weighted by Gasteiger charge is 2.26. The summed E-state index contributed by atoms with van der Waals surface area (Å²) in [5.41, 5.74) is 0.433.